The molecule has 0 aromatic carbocycles. The molecule has 0 amide bonds. The number of nitrogens with one attached hydrogen (secondary N) is 1. The predicted molar refractivity (Wildman–Crippen MR) is 75.5 cm³/mol. The van der Waals surface area contributed by atoms with Crippen molar-refractivity contribution in [1.82, 2.24) is 9.55 Å². The summed E-state index contributed by atoms with van der Waals surface area (Å²) in [5.74, 6) is -0.295. The fourth-order valence-electron chi connectivity index (χ4n) is 1.80. The van der Waals surface area contributed by atoms with Crippen molar-refractivity contribution < 1.29 is 4.79 Å². The number of carbonyl (C=O) groups excluding carboxylic acids is 1. The van der Waals surface area contributed by atoms with Gasteiger partial charge in [0.1, 0.15) is 10.7 Å². The molecule has 104 valence electrons. The van der Waals surface area contributed by atoms with Crippen LogP contribution in [0.25, 0.3) is 12.2 Å². The van der Waals surface area contributed by atoms with Gasteiger partial charge in [-0.1, -0.05) is 39.8 Å². The van der Waals surface area contributed by atoms with Crippen LogP contribution in [0.3, 0.4) is 0 Å². The number of aromatic amines is 1. The van der Waals surface area contributed by atoms with E-state index in [0.29, 0.717) is 0 Å². The van der Waals surface area contributed by atoms with Crippen molar-refractivity contribution >= 4 is 18.1 Å². The molecule has 1 N–H and O–H groups in total. The zero-order chi connectivity index (χ0) is 14.7. The Morgan fingerprint density at radius 2 is 1.63 bits per heavy atom. The van der Waals surface area contributed by atoms with Gasteiger partial charge in [-0.25, -0.2) is 4.57 Å². The van der Waals surface area contributed by atoms with Gasteiger partial charge in [0.25, 0.3) is 11.1 Å². The van der Waals surface area contributed by atoms with Crippen LogP contribution in [0.1, 0.15) is 39.4 Å². The Morgan fingerprint density at radius 1 is 1.11 bits per heavy atom. The first kappa shape index (κ1) is 15.1. The number of H-pyrrole nitrogens is 1. The summed E-state index contributed by atoms with van der Waals surface area (Å²) >= 11 is 0. The van der Waals surface area contributed by atoms with E-state index in [0.717, 1.165) is 4.57 Å². The van der Waals surface area contributed by atoms with Gasteiger partial charge < -0.3 is 4.98 Å². The van der Waals surface area contributed by atoms with Gasteiger partial charge in [0.05, 0.1) is 0 Å². The quantitative estimate of drug-likeness (QED) is 0.821. The van der Waals surface area contributed by atoms with Gasteiger partial charge in [-0.3, -0.25) is 14.4 Å². The van der Waals surface area contributed by atoms with Gasteiger partial charge in [-0.05, 0) is 11.8 Å². The maximum absolute atomic E-state index is 12.2. The van der Waals surface area contributed by atoms with Crippen molar-refractivity contribution in [2.24, 2.45) is 11.8 Å². The van der Waals surface area contributed by atoms with E-state index in [4.69, 9.17) is 0 Å². The second-order valence-electron chi connectivity index (χ2n) is 5.23. The Balaban J connectivity index is 3.94. The normalized spacial score (nSPS) is 13.6. The van der Waals surface area contributed by atoms with E-state index in [1.54, 1.807) is 12.2 Å². The largest absolute Gasteiger partial charge is 0.316 e. The van der Waals surface area contributed by atoms with Crippen LogP contribution >= 0.6 is 0 Å². The molecule has 0 radical (unpaired) electrons. The lowest BCUT2D eigenvalue weighted by Crippen LogP contribution is -2.55. The summed E-state index contributed by atoms with van der Waals surface area (Å²) in [7, 11) is 0. The summed E-state index contributed by atoms with van der Waals surface area (Å²) in [5, 5.41) is 0.268. The highest BCUT2D eigenvalue weighted by molar-refractivity contribution is 5.76. The van der Waals surface area contributed by atoms with Crippen LogP contribution in [0.5, 0.6) is 0 Å². The van der Waals surface area contributed by atoms with Crippen LogP contribution in [0.4, 0.5) is 0 Å². The van der Waals surface area contributed by atoms with Crippen molar-refractivity contribution in [3.63, 3.8) is 0 Å². The summed E-state index contributed by atoms with van der Waals surface area (Å²) in [4.78, 5) is 38.4. The van der Waals surface area contributed by atoms with Crippen molar-refractivity contribution in [3.05, 3.63) is 31.4 Å². The molecule has 19 heavy (non-hydrogen) atoms. The maximum atomic E-state index is 12.2. The number of carbonyl (C=O) groups is 1. The SMILES string of the molecule is CC(=O)n1c(=O)/c(=C/C(C)C)[nH]c(=O)/c1=C/C(C)C. The zero-order valence-electron chi connectivity index (χ0n) is 12.0. The molecule has 1 aromatic heterocycles. The predicted octanol–water partition coefficient (Wildman–Crippen LogP) is 0.0697. The van der Waals surface area contributed by atoms with Crippen LogP contribution in [0.2, 0.25) is 0 Å². The first-order valence-corrected chi connectivity index (χ1v) is 6.34. The van der Waals surface area contributed by atoms with Crippen molar-refractivity contribution in [1.29, 1.82) is 0 Å². The molecule has 1 rings (SSSR count). The van der Waals surface area contributed by atoms with Gasteiger partial charge in [0.15, 0.2) is 0 Å². The average molecular weight is 264 g/mol. The molecule has 0 atom stereocenters. The minimum atomic E-state index is -0.479. The molecule has 0 unspecified atom stereocenters. The molecule has 0 aliphatic rings. The highest BCUT2D eigenvalue weighted by Gasteiger charge is 2.09. The summed E-state index contributed by atoms with van der Waals surface area (Å²) in [6.07, 6.45) is 3.25. The summed E-state index contributed by atoms with van der Waals surface area (Å²) in [5.41, 5.74) is -0.900. The molecule has 0 saturated heterocycles. The summed E-state index contributed by atoms with van der Waals surface area (Å²) in [6, 6.07) is 0. The lowest BCUT2D eigenvalue weighted by atomic mass is 10.2. The third-order valence-electron chi connectivity index (χ3n) is 2.46. The van der Waals surface area contributed by atoms with Crippen LogP contribution in [0.15, 0.2) is 9.59 Å². The number of aromatic nitrogens is 2. The van der Waals surface area contributed by atoms with E-state index in [9.17, 15) is 14.4 Å². The van der Waals surface area contributed by atoms with Crippen molar-refractivity contribution in [3.8, 4) is 0 Å². The lowest BCUT2D eigenvalue weighted by molar-refractivity contribution is 0.0927. The molecule has 1 aromatic rings. The monoisotopic (exact) mass is 264 g/mol. The maximum Gasteiger partial charge on any atom is 0.281 e. The van der Waals surface area contributed by atoms with Gasteiger partial charge in [0, 0.05) is 6.92 Å². The Labute approximate surface area is 111 Å². The lowest BCUT2D eigenvalue weighted by Gasteiger charge is -2.04. The molecule has 0 saturated carbocycles. The van der Waals surface area contributed by atoms with E-state index in [-0.39, 0.29) is 22.5 Å². The topological polar surface area (TPSA) is 71.9 Å². The second-order valence-corrected chi connectivity index (χ2v) is 5.23. The standard InChI is InChI=1S/C14H20N2O3/c1-8(2)6-11-14(19)16(10(5)17)12(7-9(3)4)13(18)15-11/h6-9H,1-5H3,(H,15,18)/b11-6-,12-7-. The highest BCUT2D eigenvalue weighted by atomic mass is 16.2. The molecule has 0 bridgehead atoms. The van der Waals surface area contributed by atoms with Crippen LogP contribution < -0.4 is 21.8 Å². The molecular formula is C14H20N2O3. The molecule has 5 nitrogen and oxygen atoms in total. The molecular weight excluding hydrogens is 244 g/mol. The number of nitrogens with zero attached hydrogens (tertiary/aromatic N) is 1. The van der Waals surface area contributed by atoms with Gasteiger partial charge in [0.2, 0.25) is 5.91 Å². The Kier molecular flexibility index (Phi) is 4.64. The fourth-order valence-corrected chi connectivity index (χ4v) is 1.80. The number of hydrogen-bond acceptors (Lipinski definition) is 3. The number of rotatable bonds is 2. The van der Waals surface area contributed by atoms with Crippen molar-refractivity contribution in [2.45, 2.75) is 34.6 Å². The zero-order valence-corrected chi connectivity index (χ0v) is 12.0. The molecule has 0 aliphatic heterocycles. The first-order valence-electron chi connectivity index (χ1n) is 6.34. The van der Waals surface area contributed by atoms with E-state index < -0.39 is 17.0 Å². The minimum absolute atomic E-state index is 0.0611. The van der Waals surface area contributed by atoms with Crippen LogP contribution in [0, 0.1) is 11.8 Å². The molecule has 5 heteroatoms. The number of hydrogen-bond donors (Lipinski definition) is 1. The molecule has 0 spiro atoms. The molecule has 0 fully saturated rings. The summed E-state index contributed by atoms with van der Waals surface area (Å²) in [6.45, 7) is 8.82. The van der Waals surface area contributed by atoms with E-state index in [1.165, 1.54) is 6.92 Å². The highest BCUT2D eigenvalue weighted by Crippen LogP contribution is 1.91. The van der Waals surface area contributed by atoms with E-state index in [2.05, 4.69) is 4.98 Å². The third kappa shape index (κ3) is 3.53. The third-order valence-corrected chi connectivity index (χ3v) is 2.46. The van der Waals surface area contributed by atoms with Gasteiger partial charge >= 0.3 is 0 Å². The van der Waals surface area contributed by atoms with E-state index in [1.807, 2.05) is 27.7 Å². The Hall–Kier alpha value is -1.91. The first-order chi connectivity index (χ1) is 8.73. The van der Waals surface area contributed by atoms with Crippen LogP contribution in [-0.2, 0) is 0 Å². The summed E-state index contributed by atoms with van der Waals surface area (Å²) < 4.78 is 0.938. The Bertz CT molecular complexity index is 706. The molecule has 0 aliphatic carbocycles. The Morgan fingerprint density at radius 3 is 2.05 bits per heavy atom. The van der Waals surface area contributed by atoms with E-state index >= 15 is 0 Å². The van der Waals surface area contributed by atoms with Gasteiger partial charge in [-0.2, -0.15) is 0 Å². The smallest absolute Gasteiger partial charge is 0.281 e. The second kappa shape index (κ2) is 5.82. The fraction of sp³-hybridized carbons (Fsp3) is 0.500. The van der Waals surface area contributed by atoms with Crippen molar-refractivity contribution in [2.75, 3.05) is 0 Å². The average Bonchev–Trinajstić information content (AvgIpc) is 2.23. The van der Waals surface area contributed by atoms with Gasteiger partial charge in [-0.15, -0.1) is 0 Å². The van der Waals surface area contributed by atoms with Crippen LogP contribution in [-0.4, -0.2) is 15.5 Å². The molecule has 1 heterocycles. The minimum Gasteiger partial charge on any atom is -0.316 e.